The fourth-order valence-electron chi connectivity index (χ4n) is 1.95. The first-order valence-electron chi connectivity index (χ1n) is 6.86. The van der Waals surface area contributed by atoms with Gasteiger partial charge in [-0.3, -0.25) is 4.68 Å². The fourth-order valence-corrected chi connectivity index (χ4v) is 1.95. The standard InChI is InChI=1S/C14H19N5O2/c1-2-21-14(20)11-5-3-6-12(15)13(11)16-7-4-9-19-10-8-17-18-19/h3,5-6,8,10,16H,2,4,7,9,15H2,1H3. The van der Waals surface area contributed by atoms with Crippen LogP contribution in [0.2, 0.25) is 0 Å². The molecule has 7 heteroatoms. The molecule has 0 saturated heterocycles. The van der Waals surface area contributed by atoms with Crippen molar-refractivity contribution in [3.8, 4) is 0 Å². The molecule has 1 heterocycles. The first-order valence-corrected chi connectivity index (χ1v) is 6.86. The summed E-state index contributed by atoms with van der Waals surface area (Å²) in [5.74, 6) is -0.372. The number of carbonyl (C=O) groups is 1. The van der Waals surface area contributed by atoms with Gasteiger partial charge in [0.15, 0.2) is 0 Å². The summed E-state index contributed by atoms with van der Waals surface area (Å²) in [6.45, 7) is 3.52. The predicted octanol–water partition coefficient (Wildman–Crippen LogP) is 1.54. The molecule has 0 atom stereocenters. The van der Waals surface area contributed by atoms with E-state index in [4.69, 9.17) is 10.5 Å². The molecule has 0 aliphatic carbocycles. The van der Waals surface area contributed by atoms with Gasteiger partial charge in [0, 0.05) is 19.3 Å². The van der Waals surface area contributed by atoms with Gasteiger partial charge in [0.25, 0.3) is 0 Å². The zero-order valence-corrected chi connectivity index (χ0v) is 12.0. The van der Waals surface area contributed by atoms with Crippen LogP contribution in [0.5, 0.6) is 0 Å². The number of hydrogen-bond donors (Lipinski definition) is 2. The highest BCUT2D eigenvalue weighted by Crippen LogP contribution is 2.24. The Morgan fingerprint density at radius 2 is 2.33 bits per heavy atom. The van der Waals surface area contributed by atoms with Gasteiger partial charge in [0.1, 0.15) is 0 Å². The molecule has 2 aromatic rings. The molecule has 0 saturated carbocycles. The van der Waals surface area contributed by atoms with E-state index in [-0.39, 0.29) is 5.97 Å². The highest BCUT2D eigenvalue weighted by atomic mass is 16.5. The van der Waals surface area contributed by atoms with Crippen LogP contribution in [-0.4, -0.2) is 34.1 Å². The lowest BCUT2D eigenvalue weighted by atomic mass is 10.1. The van der Waals surface area contributed by atoms with Crippen molar-refractivity contribution in [1.82, 2.24) is 15.0 Å². The molecule has 1 aromatic carbocycles. The van der Waals surface area contributed by atoms with Crippen molar-refractivity contribution >= 4 is 17.3 Å². The lowest BCUT2D eigenvalue weighted by molar-refractivity contribution is 0.0527. The number of aryl methyl sites for hydroxylation is 1. The third-order valence-corrected chi connectivity index (χ3v) is 2.93. The zero-order chi connectivity index (χ0) is 15.1. The van der Waals surface area contributed by atoms with Crippen molar-refractivity contribution in [3.63, 3.8) is 0 Å². The summed E-state index contributed by atoms with van der Waals surface area (Å²) < 4.78 is 6.78. The van der Waals surface area contributed by atoms with E-state index in [9.17, 15) is 4.79 Å². The Kier molecular flexibility index (Phi) is 5.14. The SMILES string of the molecule is CCOC(=O)c1cccc(N)c1NCCCn1ccnn1. The molecule has 2 rings (SSSR count). The predicted molar refractivity (Wildman–Crippen MR) is 79.9 cm³/mol. The average molecular weight is 289 g/mol. The van der Waals surface area contributed by atoms with Crippen molar-refractivity contribution in [3.05, 3.63) is 36.2 Å². The Balaban J connectivity index is 1.96. The normalized spacial score (nSPS) is 10.3. The second-order valence-electron chi connectivity index (χ2n) is 4.44. The number of ether oxygens (including phenoxy) is 1. The molecule has 0 amide bonds. The van der Waals surface area contributed by atoms with E-state index in [1.165, 1.54) is 0 Å². The molecule has 21 heavy (non-hydrogen) atoms. The average Bonchev–Trinajstić information content (AvgIpc) is 2.98. The molecule has 7 nitrogen and oxygen atoms in total. The zero-order valence-electron chi connectivity index (χ0n) is 12.0. The van der Waals surface area contributed by atoms with Gasteiger partial charge < -0.3 is 15.8 Å². The monoisotopic (exact) mass is 289 g/mol. The number of rotatable bonds is 7. The van der Waals surface area contributed by atoms with E-state index in [1.807, 2.05) is 0 Å². The van der Waals surface area contributed by atoms with Crippen LogP contribution in [-0.2, 0) is 11.3 Å². The molecule has 112 valence electrons. The van der Waals surface area contributed by atoms with E-state index >= 15 is 0 Å². The maximum atomic E-state index is 11.9. The van der Waals surface area contributed by atoms with E-state index in [2.05, 4.69) is 15.6 Å². The summed E-state index contributed by atoms with van der Waals surface area (Å²) >= 11 is 0. The minimum absolute atomic E-state index is 0.333. The van der Waals surface area contributed by atoms with Crippen LogP contribution in [0.25, 0.3) is 0 Å². The van der Waals surface area contributed by atoms with Crippen molar-refractivity contribution in [2.45, 2.75) is 19.9 Å². The highest BCUT2D eigenvalue weighted by molar-refractivity contribution is 5.98. The summed E-state index contributed by atoms with van der Waals surface area (Å²) in [5.41, 5.74) is 7.54. The number of nitrogens with two attached hydrogens (primary N) is 1. The number of benzene rings is 1. The Hall–Kier alpha value is -2.57. The third kappa shape index (κ3) is 3.95. The van der Waals surface area contributed by atoms with Gasteiger partial charge in [-0.05, 0) is 25.5 Å². The van der Waals surface area contributed by atoms with Gasteiger partial charge >= 0.3 is 5.97 Å². The summed E-state index contributed by atoms with van der Waals surface area (Å²) in [4.78, 5) is 11.9. The summed E-state index contributed by atoms with van der Waals surface area (Å²) in [6.07, 6.45) is 4.28. The number of esters is 1. The topological polar surface area (TPSA) is 95.1 Å². The molecule has 0 fully saturated rings. The second kappa shape index (κ2) is 7.28. The molecule has 0 radical (unpaired) electrons. The minimum Gasteiger partial charge on any atom is -0.462 e. The quantitative estimate of drug-likeness (QED) is 0.456. The first-order chi connectivity index (χ1) is 10.2. The molecule has 0 aliphatic heterocycles. The number of nitrogens with zero attached hydrogens (tertiary/aromatic N) is 3. The molecule has 0 aliphatic rings. The van der Waals surface area contributed by atoms with Crippen molar-refractivity contribution < 1.29 is 9.53 Å². The van der Waals surface area contributed by atoms with Crippen molar-refractivity contribution in [1.29, 1.82) is 0 Å². The number of nitrogens with one attached hydrogen (secondary N) is 1. The van der Waals surface area contributed by atoms with Crippen LogP contribution in [0.4, 0.5) is 11.4 Å². The van der Waals surface area contributed by atoms with Crippen LogP contribution >= 0.6 is 0 Å². The summed E-state index contributed by atoms with van der Waals surface area (Å²) in [7, 11) is 0. The highest BCUT2D eigenvalue weighted by Gasteiger charge is 2.14. The maximum absolute atomic E-state index is 11.9. The van der Waals surface area contributed by atoms with E-state index in [0.29, 0.717) is 30.1 Å². The van der Waals surface area contributed by atoms with Gasteiger partial charge in [-0.15, -0.1) is 5.10 Å². The number of aromatic nitrogens is 3. The van der Waals surface area contributed by atoms with E-state index in [0.717, 1.165) is 13.0 Å². The van der Waals surface area contributed by atoms with Gasteiger partial charge in [-0.2, -0.15) is 0 Å². The lowest BCUT2D eigenvalue weighted by Crippen LogP contribution is -2.13. The van der Waals surface area contributed by atoms with Gasteiger partial charge in [-0.1, -0.05) is 11.3 Å². The fraction of sp³-hybridized carbons (Fsp3) is 0.357. The van der Waals surface area contributed by atoms with Crippen LogP contribution < -0.4 is 11.1 Å². The summed E-state index contributed by atoms with van der Waals surface area (Å²) in [6, 6.07) is 5.19. The van der Waals surface area contributed by atoms with Crippen molar-refractivity contribution in [2.75, 3.05) is 24.2 Å². The van der Waals surface area contributed by atoms with Gasteiger partial charge in [0.2, 0.25) is 0 Å². The third-order valence-electron chi connectivity index (χ3n) is 2.93. The largest absolute Gasteiger partial charge is 0.462 e. The minimum atomic E-state index is -0.372. The number of para-hydroxylation sites is 1. The number of anilines is 2. The molecule has 0 unspecified atom stereocenters. The van der Waals surface area contributed by atoms with Crippen LogP contribution in [0.1, 0.15) is 23.7 Å². The Morgan fingerprint density at radius 3 is 3.05 bits per heavy atom. The van der Waals surface area contributed by atoms with Crippen molar-refractivity contribution in [2.24, 2.45) is 0 Å². The van der Waals surface area contributed by atoms with E-state index in [1.54, 1.807) is 42.2 Å². The molecular formula is C14H19N5O2. The van der Waals surface area contributed by atoms with Gasteiger partial charge in [-0.25, -0.2) is 4.79 Å². The molecule has 1 aromatic heterocycles. The first kappa shape index (κ1) is 14.8. The van der Waals surface area contributed by atoms with Crippen LogP contribution in [0.15, 0.2) is 30.6 Å². The molecule has 3 N–H and O–H groups in total. The Labute approximate surface area is 123 Å². The number of hydrogen-bond acceptors (Lipinski definition) is 6. The smallest absolute Gasteiger partial charge is 0.340 e. The number of carbonyl (C=O) groups excluding carboxylic acids is 1. The Morgan fingerprint density at radius 1 is 1.48 bits per heavy atom. The molecule has 0 spiro atoms. The van der Waals surface area contributed by atoms with E-state index < -0.39 is 0 Å². The van der Waals surface area contributed by atoms with Gasteiger partial charge in [0.05, 0.1) is 29.7 Å². The van der Waals surface area contributed by atoms with Crippen LogP contribution in [0.3, 0.4) is 0 Å². The Bertz CT molecular complexity index is 583. The summed E-state index contributed by atoms with van der Waals surface area (Å²) in [5, 5.41) is 10.8. The molecule has 0 bridgehead atoms. The number of nitrogen functional groups attached to an aromatic ring is 1. The molecular weight excluding hydrogens is 270 g/mol. The second-order valence-corrected chi connectivity index (χ2v) is 4.44. The van der Waals surface area contributed by atoms with Crippen LogP contribution in [0, 0.1) is 0 Å². The lowest BCUT2D eigenvalue weighted by Gasteiger charge is -2.13. The maximum Gasteiger partial charge on any atom is 0.340 e.